The Morgan fingerprint density at radius 1 is 0.816 bits per heavy atom. The Kier molecular flexibility index (Phi) is 13.4. The Labute approximate surface area is 259 Å². The van der Waals surface area contributed by atoms with Crippen molar-refractivity contribution in [1.82, 2.24) is 0 Å². The van der Waals surface area contributed by atoms with Gasteiger partial charge in [-0.25, -0.2) is 12.2 Å². The fraction of sp³-hybridized carbons (Fsp3) is 0.343. The minimum absolute atomic E-state index is 0. The molecule has 0 saturated carbocycles. The molecular formula is C35H40Cl2Zr-2. The molecule has 0 unspecified atom stereocenters. The van der Waals surface area contributed by atoms with Gasteiger partial charge in [-0.2, -0.15) is 35.4 Å². The molecule has 5 rings (SSSR count). The van der Waals surface area contributed by atoms with Crippen molar-refractivity contribution in [3.8, 4) is 11.1 Å². The summed E-state index contributed by atoms with van der Waals surface area (Å²) >= 11 is 1.51. The first kappa shape index (κ1) is 34.5. The van der Waals surface area contributed by atoms with Gasteiger partial charge >= 0.3 is 76.7 Å². The quantitative estimate of drug-likeness (QED) is 0.287. The second-order valence-electron chi connectivity index (χ2n) is 11.8. The van der Waals surface area contributed by atoms with Crippen molar-refractivity contribution >= 4 is 3.21 Å². The number of fused-ring (bicyclic) bond motifs is 3. The van der Waals surface area contributed by atoms with Gasteiger partial charge in [0, 0.05) is 0 Å². The van der Waals surface area contributed by atoms with Gasteiger partial charge in [-0.05, 0) is 17.4 Å². The molecular weight excluding hydrogens is 583 g/mol. The van der Waals surface area contributed by atoms with E-state index in [1.54, 1.807) is 0 Å². The predicted molar refractivity (Wildman–Crippen MR) is 153 cm³/mol. The van der Waals surface area contributed by atoms with E-state index in [1.807, 2.05) is 12.2 Å². The summed E-state index contributed by atoms with van der Waals surface area (Å²) in [6.07, 6.45) is 11.0. The van der Waals surface area contributed by atoms with E-state index in [1.165, 1.54) is 71.9 Å². The molecule has 3 aromatic carbocycles. The fourth-order valence-corrected chi connectivity index (χ4v) is 4.54. The molecule has 0 atom stereocenters. The van der Waals surface area contributed by atoms with E-state index in [9.17, 15) is 0 Å². The average Bonchev–Trinajstić information content (AvgIpc) is 3.49. The maximum Gasteiger partial charge on any atom is -0.109 e. The monoisotopic (exact) mass is 620 g/mol. The summed E-state index contributed by atoms with van der Waals surface area (Å²) in [5.74, 6) is 0. The standard InChI is InChI=1S/C21H25.C9H10.C5H5.2ClH.Zr/c1-20(2,3)16-9-7-14-11-15-8-10-17(21(4,5)6)13-19(15)18(14)12-16;1-3-9-6-4-8(2)5-7-9;1-2-4-5-3-1;;;/h7,9-10,12-13H,11H2,1-6H3;4-7H,1-2H3;1-3H,4H2;2*1H;/q-1;;-1;;;+2/p-2. The molecule has 0 radical (unpaired) electrons. The van der Waals surface area contributed by atoms with Crippen LogP contribution in [0.1, 0.15) is 88.3 Å². The molecule has 0 aromatic heterocycles. The summed E-state index contributed by atoms with van der Waals surface area (Å²) < 4.78 is 1.46. The smallest absolute Gasteiger partial charge is 0.109 e. The van der Waals surface area contributed by atoms with Gasteiger partial charge in [-0.1, -0.05) is 76.3 Å². The Hall–Kier alpha value is -1.53. The van der Waals surface area contributed by atoms with Gasteiger partial charge in [0.2, 0.25) is 0 Å². The second kappa shape index (κ2) is 14.7. The summed E-state index contributed by atoms with van der Waals surface area (Å²) in [7, 11) is 0. The van der Waals surface area contributed by atoms with Gasteiger partial charge in [-0.3, -0.25) is 6.08 Å². The number of hydrogen-bond acceptors (Lipinski definition) is 0. The molecule has 0 saturated heterocycles. The molecule has 0 aliphatic heterocycles. The van der Waals surface area contributed by atoms with Crippen molar-refractivity contribution in [1.29, 1.82) is 0 Å². The summed E-state index contributed by atoms with van der Waals surface area (Å²) in [6.45, 7) is 17.9. The Balaban J connectivity index is 0.000000354. The van der Waals surface area contributed by atoms with Crippen LogP contribution in [0.3, 0.4) is 0 Å². The molecule has 38 heavy (non-hydrogen) atoms. The first-order chi connectivity index (χ1) is 16.9. The van der Waals surface area contributed by atoms with Crippen molar-refractivity contribution in [2.24, 2.45) is 0 Å². The van der Waals surface area contributed by atoms with E-state index in [-0.39, 0.29) is 35.6 Å². The van der Waals surface area contributed by atoms with Gasteiger partial charge in [0.05, 0.1) is 0 Å². The first-order valence-corrected chi connectivity index (χ1v) is 14.1. The van der Waals surface area contributed by atoms with Crippen LogP contribution in [-0.4, -0.2) is 3.21 Å². The maximum atomic E-state index is 3.53. The van der Waals surface area contributed by atoms with E-state index in [4.69, 9.17) is 0 Å². The number of halogens is 2. The van der Waals surface area contributed by atoms with Crippen LogP contribution in [0.25, 0.3) is 11.1 Å². The average molecular weight is 623 g/mol. The van der Waals surface area contributed by atoms with Crippen molar-refractivity contribution in [2.45, 2.75) is 79.1 Å². The van der Waals surface area contributed by atoms with Crippen LogP contribution in [0.4, 0.5) is 0 Å². The van der Waals surface area contributed by atoms with E-state index in [0.29, 0.717) is 0 Å². The zero-order valence-corrected chi connectivity index (χ0v) is 28.1. The Bertz CT molecular complexity index is 1200. The number of hydrogen-bond donors (Lipinski definition) is 0. The fourth-order valence-electron chi connectivity index (χ4n) is 4.13. The minimum Gasteiger partial charge on any atom is -1.00 e. The molecule has 0 nitrogen and oxygen atoms in total. The van der Waals surface area contributed by atoms with Crippen LogP contribution in [0, 0.1) is 19.1 Å². The van der Waals surface area contributed by atoms with Gasteiger partial charge in [0.1, 0.15) is 0 Å². The van der Waals surface area contributed by atoms with Crippen LogP contribution in [0.2, 0.25) is 0 Å². The Morgan fingerprint density at radius 2 is 1.42 bits per heavy atom. The topological polar surface area (TPSA) is 0 Å². The van der Waals surface area contributed by atoms with Crippen LogP contribution >= 0.6 is 0 Å². The number of allylic oxidation sites excluding steroid dienone is 4. The van der Waals surface area contributed by atoms with Crippen molar-refractivity contribution < 1.29 is 49.0 Å². The molecule has 0 spiro atoms. The molecule has 2 aliphatic rings. The third-order valence-corrected chi connectivity index (χ3v) is 7.31. The van der Waals surface area contributed by atoms with Crippen LogP contribution in [-0.2, 0) is 41.5 Å². The normalized spacial score (nSPS) is 12.6. The molecule has 3 aromatic rings. The minimum atomic E-state index is 0. The van der Waals surface area contributed by atoms with Crippen LogP contribution in [0.15, 0.2) is 72.8 Å². The summed E-state index contributed by atoms with van der Waals surface area (Å²) in [5.41, 5.74) is 11.5. The third kappa shape index (κ3) is 9.59. The zero-order valence-electron chi connectivity index (χ0n) is 24.1. The van der Waals surface area contributed by atoms with Gasteiger partial charge in [0.15, 0.2) is 0 Å². The van der Waals surface area contributed by atoms with Crippen molar-refractivity contribution in [2.75, 3.05) is 0 Å². The zero-order chi connectivity index (χ0) is 26.5. The molecule has 0 fully saturated rings. The van der Waals surface area contributed by atoms with E-state index < -0.39 is 0 Å². The van der Waals surface area contributed by atoms with Crippen molar-refractivity contribution in [3.63, 3.8) is 0 Å². The van der Waals surface area contributed by atoms with Gasteiger partial charge in [0.25, 0.3) is 0 Å². The Morgan fingerprint density at radius 3 is 1.89 bits per heavy atom. The predicted octanol–water partition coefficient (Wildman–Crippen LogP) is 3.05. The SMILES string of the molecule is CC(C)(C)c1c[c-]c2c(c1)-c1cc(C(C)(C)C)ccc1C2.C[C](=[Zr+2])c1ccc(C)cc1.[C-]1=CC=CC1.[Cl-].[Cl-]. The molecule has 0 heterocycles. The molecule has 0 amide bonds. The second-order valence-corrected chi connectivity index (χ2v) is 13.7. The number of benzene rings is 3. The summed E-state index contributed by atoms with van der Waals surface area (Å²) in [4.78, 5) is 0. The van der Waals surface area contributed by atoms with E-state index in [2.05, 4.69) is 128 Å². The summed E-state index contributed by atoms with van der Waals surface area (Å²) in [5, 5.41) is 0. The van der Waals surface area contributed by atoms with Gasteiger partial charge < -0.3 is 24.8 Å². The molecule has 200 valence electrons. The van der Waals surface area contributed by atoms with Crippen molar-refractivity contribution in [3.05, 3.63) is 118 Å². The number of rotatable bonds is 1. The maximum absolute atomic E-state index is 3.53. The number of aryl methyl sites for hydroxylation is 1. The molecule has 0 N–H and O–H groups in total. The van der Waals surface area contributed by atoms with Crippen LogP contribution in [0.5, 0.6) is 0 Å². The van der Waals surface area contributed by atoms with Gasteiger partial charge in [-0.15, -0.1) is 12.0 Å². The molecule has 0 bridgehead atoms. The van der Waals surface area contributed by atoms with Crippen LogP contribution < -0.4 is 24.8 Å². The molecule has 3 heteroatoms. The van der Waals surface area contributed by atoms with E-state index in [0.717, 1.165) is 12.8 Å². The molecule has 2 aliphatic carbocycles. The third-order valence-electron chi connectivity index (χ3n) is 6.60. The largest absolute Gasteiger partial charge is 1.00 e. The van der Waals surface area contributed by atoms with E-state index >= 15 is 0 Å². The first-order valence-electron chi connectivity index (χ1n) is 12.9. The summed E-state index contributed by atoms with van der Waals surface area (Å²) in [6, 6.07) is 23.7.